The Morgan fingerprint density at radius 1 is 0.882 bits per heavy atom. The van der Waals surface area contributed by atoms with E-state index in [2.05, 4.69) is 0 Å². The third kappa shape index (κ3) is 8.48. The quantitative estimate of drug-likeness (QED) is 0.421. The maximum Gasteiger partial charge on any atom is 0.346 e. The second kappa shape index (κ2) is 6.42. The van der Waals surface area contributed by atoms with Gasteiger partial charge in [0.25, 0.3) is 5.97 Å². The van der Waals surface area contributed by atoms with E-state index in [1.165, 1.54) is 0 Å². The molecule has 8 nitrogen and oxygen atoms in total. The maximum absolute atomic E-state index is 10.3. The number of carbonyl (C=O) groups is 3. The van der Waals surface area contributed by atoms with Crippen LogP contribution in [0.25, 0.3) is 0 Å². The number of hydrogen-bond donors (Lipinski definition) is 5. The first-order valence-electron chi connectivity index (χ1n) is 4.14. The highest BCUT2D eigenvalue weighted by Crippen LogP contribution is 2.33. The van der Waals surface area contributed by atoms with E-state index in [0.717, 1.165) is 20.8 Å². The molecule has 17 heavy (non-hydrogen) atoms. The van der Waals surface area contributed by atoms with E-state index in [9.17, 15) is 9.59 Å². The molecule has 0 radical (unpaired) electrons. The molecule has 2 unspecified atom stereocenters. The first kappa shape index (κ1) is 18.1. The van der Waals surface area contributed by atoms with Crippen molar-refractivity contribution in [2.75, 3.05) is 0 Å². The minimum absolute atomic E-state index is 0.0324. The SMILES string of the molecule is CC(=O)O.CC(O)(SC(C)(O)C(=O)O)C(=O)O. The molecule has 0 bridgehead atoms. The lowest BCUT2D eigenvalue weighted by atomic mass is 10.4. The molecule has 0 aromatic carbocycles. The molecule has 0 aliphatic heterocycles. The molecule has 0 fully saturated rings. The maximum atomic E-state index is 10.3. The predicted molar refractivity (Wildman–Crippen MR) is 57.4 cm³/mol. The Balaban J connectivity index is 0. The lowest BCUT2D eigenvalue weighted by molar-refractivity contribution is -0.150. The zero-order chi connectivity index (χ0) is 14.4. The first-order valence-corrected chi connectivity index (χ1v) is 4.96. The van der Waals surface area contributed by atoms with Crippen LogP contribution < -0.4 is 0 Å². The van der Waals surface area contributed by atoms with Gasteiger partial charge in [-0.1, -0.05) is 11.8 Å². The summed E-state index contributed by atoms with van der Waals surface area (Å²) in [6, 6.07) is 0. The lowest BCUT2D eigenvalue weighted by Gasteiger charge is -2.25. The van der Waals surface area contributed by atoms with Crippen LogP contribution in [-0.2, 0) is 14.4 Å². The average Bonchev–Trinajstić information content (AvgIpc) is 1.99. The van der Waals surface area contributed by atoms with E-state index in [4.69, 9.17) is 30.3 Å². The lowest BCUT2D eigenvalue weighted by Crippen LogP contribution is -2.41. The molecule has 0 heterocycles. The van der Waals surface area contributed by atoms with Crippen LogP contribution in [0.15, 0.2) is 0 Å². The first-order chi connectivity index (χ1) is 7.33. The Morgan fingerprint density at radius 2 is 1.06 bits per heavy atom. The fourth-order valence-corrected chi connectivity index (χ4v) is 1.42. The summed E-state index contributed by atoms with van der Waals surface area (Å²) in [6.07, 6.45) is 0. The monoisotopic (exact) mass is 270 g/mol. The number of rotatable bonds is 4. The van der Waals surface area contributed by atoms with Crippen molar-refractivity contribution in [2.45, 2.75) is 30.6 Å². The Labute approximate surface area is 101 Å². The molecule has 0 aromatic rings. The molecule has 0 aromatic heterocycles. The van der Waals surface area contributed by atoms with Gasteiger partial charge in [0.2, 0.25) is 9.87 Å². The molecule has 0 spiro atoms. The zero-order valence-corrected chi connectivity index (χ0v) is 10.2. The molecule has 0 aliphatic rings. The molecule has 0 saturated heterocycles. The third-order valence-corrected chi connectivity index (χ3v) is 2.34. The summed E-state index contributed by atoms with van der Waals surface area (Å²) in [4.78, 5) is 25.0. The molecule has 9 heteroatoms. The van der Waals surface area contributed by atoms with Crippen LogP contribution >= 0.6 is 11.8 Å². The van der Waals surface area contributed by atoms with Crippen molar-refractivity contribution >= 4 is 29.7 Å². The molecule has 0 aliphatic carbocycles. The molecule has 0 saturated carbocycles. The summed E-state index contributed by atoms with van der Waals surface area (Å²) >= 11 is 0.0324. The fourth-order valence-electron chi connectivity index (χ4n) is 0.474. The topological polar surface area (TPSA) is 152 Å². The highest BCUT2D eigenvalue weighted by atomic mass is 32.2. The predicted octanol–water partition coefficient (Wildman–Crippen LogP) is -0.603. The van der Waals surface area contributed by atoms with Gasteiger partial charge in [-0.05, 0) is 13.8 Å². The van der Waals surface area contributed by atoms with Crippen molar-refractivity contribution in [1.82, 2.24) is 0 Å². The normalized spacial score (nSPS) is 16.8. The minimum Gasteiger partial charge on any atom is -0.481 e. The molecule has 100 valence electrons. The number of hydrogen-bond acceptors (Lipinski definition) is 6. The summed E-state index contributed by atoms with van der Waals surface area (Å²) in [6.45, 7) is 2.86. The van der Waals surface area contributed by atoms with Crippen molar-refractivity contribution in [2.24, 2.45) is 0 Å². The van der Waals surface area contributed by atoms with Gasteiger partial charge < -0.3 is 25.5 Å². The average molecular weight is 270 g/mol. The Bertz CT molecular complexity index is 281. The molecule has 2 atom stereocenters. The van der Waals surface area contributed by atoms with Crippen molar-refractivity contribution in [3.8, 4) is 0 Å². The molecule has 5 N–H and O–H groups in total. The van der Waals surface area contributed by atoms with Crippen LogP contribution in [-0.4, -0.2) is 53.3 Å². The highest BCUT2D eigenvalue weighted by Gasteiger charge is 2.43. The van der Waals surface area contributed by atoms with Crippen LogP contribution in [0.1, 0.15) is 20.8 Å². The second-order valence-corrected chi connectivity index (χ2v) is 4.99. The Hall–Kier alpha value is -1.32. The molecular formula is C8H14O8S. The number of carboxylic acids is 3. The van der Waals surface area contributed by atoms with Gasteiger partial charge in [0.15, 0.2) is 0 Å². The number of aliphatic carboxylic acids is 3. The van der Waals surface area contributed by atoms with E-state index in [1.54, 1.807) is 0 Å². The van der Waals surface area contributed by atoms with Gasteiger partial charge in [0.1, 0.15) is 0 Å². The van der Waals surface area contributed by atoms with Gasteiger partial charge in [0, 0.05) is 6.92 Å². The van der Waals surface area contributed by atoms with Crippen LogP contribution in [0.4, 0.5) is 0 Å². The van der Waals surface area contributed by atoms with Crippen LogP contribution in [0.2, 0.25) is 0 Å². The highest BCUT2D eigenvalue weighted by molar-refractivity contribution is 8.02. The van der Waals surface area contributed by atoms with E-state index in [0.29, 0.717) is 0 Å². The standard InChI is InChI=1S/C6H10O6S.C2H4O2/c1-5(11,3(7)8)13-6(2,12)4(9)10;1-2(3)4/h11-12H,1-2H3,(H,7,8)(H,9,10);1H3,(H,3,4). The largest absolute Gasteiger partial charge is 0.481 e. The zero-order valence-electron chi connectivity index (χ0n) is 9.37. The van der Waals surface area contributed by atoms with Crippen LogP contribution in [0.5, 0.6) is 0 Å². The second-order valence-electron chi connectivity index (χ2n) is 3.20. The number of carboxylic acid groups (broad SMARTS) is 3. The van der Waals surface area contributed by atoms with Gasteiger partial charge in [-0.3, -0.25) is 4.79 Å². The summed E-state index contributed by atoms with van der Waals surface area (Å²) in [5, 5.41) is 42.5. The van der Waals surface area contributed by atoms with E-state index in [-0.39, 0.29) is 11.8 Å². The molecule has 0 rings (SSSR count). The smallest absolute Gasteiger partial charge is 0.346 e. The van der Waals surface area contributed by atoms with Crippen LogP contribution in [0.3, 0.4) is 0 Å². The summed E-state index contributed by atoms with van der Waals surface area (Å²) in [5.74, 6) is -4.06. The van der Waals surface area contributed by atoms with Crippen molar-refractivity contribution in [3.05, 3.63) is 0 Å². The molecule has 0 amide bonds. The van der Waals surface area contributed by atoms with E-state index < -0.39 is 27.8 Å². The third-order valence-electron chi connectivity index (χ3n) is 1.19. The summed E-state index contributed by atoms with van der Waals surface area (Å²) < 4.78 is 0. The fraction of sp³-hybridized carbons (Fsp3) is 0.625. The van der Waals surface area contributed by atoms with Crippen molar-refractivity contribution in [1.29, 1.82) is 0 Å². The summed E-state index contributed by atoms with van der Waals surface area (Å²) in [7, 11) is 0. The van der Waals surface area contributed by atoms with Gasteiger partial charge in [0.05, 0.1) is 0 Å². The Kier molecular flexibility index (Phi) is 6.82. The van der Waals surface area contributed by atoms with Crippen molar-refractivity contribution in [3.63, 3.8) is 0 Å². The van der Waals surface area contributed by atoms with E-state index >= 15 is 0 Å². The minimum atomic E-state index is -2.33. The Morgan fingerprint density at radius 3 is 1.18 bits per heavy atom. The molecular weight excluding hydrogens is 256 g/mol. The van der Waals surface area contributed by atoms with Crippen molar-refractivity contribution < 1.29 is 39.9 Å². The van der Waals surface area contributed by atoms with Gasteiger partial charge >= 0.3 is 11.9 Å². The van der Waals surface area contributed by atoms with Crippen LogP contribution in [0, 0.1) is 0 Å². The van der Waals surface area contributed by atoms with E-state index in [1.807, 2.05) is 0 Å². The van der Waals surface area contributed by atoms with Gasteiger partial charge in [-0.2, -0.15) is 0 Å². The number of thioether (sulfide) groups is 1. The number of aliphatic hydroxyl groups is 2. The van der Waals surface area contributed by atoms with Gasteiger partial charge in [-0.15, -0.1) is 0 Å². The van der Waals surface area contributed by atoms with Gasteiger partial charge in [-0.25, -0.2) is 9.59 Å². The summed E-state index contributed by atoms with van der Waals surface area (Å²) in [5.41, 5.74) is 0.